The molecule has 0 aromatic heterocycles. The molecule has 0 radical (unpaired) electrons. The maximum atomic E-state index is 10.6. The molecule has 0 amide bonds. The molecule has 4 heteroatoms. The van der Waals surface area contributed by atoms with Crippen molar-refractivity contribution in [3.05, 3.63) is 35.9 Å². The van der Waals surface area contributed by atoms with E-state index in [4.69, 9.17) is 14.6 Å². The van der Waals surface area contributed by atoms with Crippen molar-refractivity contribution in [1.82, 2.24) is 0 Å². The average molecular weight is 206 g/mol. The van der Waals surface area contributed by atoms with Crippen molar-refractivity contribution < 1.29 is 19.4 Å². The van der Waals surface area contributed by atoms with E-state index in [1.807, 2.05) is 6.07 Å². The predicted octanol–water partition coefficient (Wildman–Crippen LogP) is 1.60. The molecule has 1 aliphatic rings. The molecule has 0 bridgehead atoms. The van der Waals surface area contributed by atoms with E-state index in [1.165, 1.54) is 0 Å². The molecule has 0 saturated heterocycles. The molecule has 2 rings (SSSR count). The molecule has 1 aromatic carbocycles. The number of fused-ring (bicyclic) bond motifs is 1. The molecular weight excluding hydrogens is 196 g/mol. The minimum atomic E-state index is -0.979. The van der Waals surface area contributed by atoms with Crippen LogP contribution in [0.5, 0.6) is 11.5 Å². The quantitative estimate of drug-likeness (QED) is 0.763. The third-order valence-electron chi connectivity index (χ3n) is 2.16. The highest BCUT2D eigenvalue weighted by Crippen LogP contribution is 2.32. The van der Waals surface area contributed by atoms with Crippen molar-refractivity contribution in [2.24, 2.45) is 0 Å². The van der Waals surface area contributed by atoms with Crippen molar-refractivity contribution in [2.75, 3.05) is 6.79 Å². The number of aliphatic carboxylic acids is 1. The summed E-state index contributed by atoms with van der Waals surface area (Å²) in [5.74, 6) is 0.373. The van der Waals surface area contributed by atoms with Gasteiger partial charge < -0.3 is 14.6 Å². The second kappa shape index (κ2) is 3.65. The van der Waals surface area contributed by atoms with Crippen LogP contribution in [0.1, 0.15) is 5.56 Å². The second-order valence-electron chi connectivity index (χ2n) is 3.27. The highest BCUT2D eigenvalue weighted by Gasteiger charge is 2.14. The van der Waals surface area contributed by atoms with Crippen LogP contribution in [0.15, 0.2) is 30.4 Å². The smallest absolute Gasteiger partial charge is 0.331 e. The maximum absolute atomic E-state index is 10.6. The van der Waals surface area contributed by atoms with Gasteiger partial charge in [0.05, 0.1) is 0 Å². The van der Waals surface area contributed by atoms with E-state index >= 15 is 0 Å². The molecule has 0 unspecified atom stereocenters. The third kappa shape index (κ3) is 1.93. The first-order valence-corrected chi connectivity index (χ1v) is 4.46. The van der Waals surface area contributed by atoms with Gasteiger partial charge in [-0.3, -0.25) is 0 Å². The Kier molecular flexibility index (Phi) is 2.33. The van der Waals surface area contributed by atoms with E-state index in [1.54, 1.807) is 12.1 Å². The van der Waals surface area contributed by atoms with Crippen molar-refractivity contribution in [2.45, 2.75) is 6.42 Å². The number of hydrogen-bond donors (Lipinski definition) is 1. The molecule has 1 aromatic rings. The zero-order valence-corrected chi connectivity index (χ0v) is 8.03. The fraction of sp³-hybridized carbons (Fsp3) is 0.182. The van der Waals surface area contributed by atoms with Crippen molar-refractivity contribution >= 4 is 5.97 Å². The summed E-state index contributed by atoms with van der Waals surface area (Å²) in [5, 5.41) is 8.68. The zero-order valence-electron chi connectivity index (χ0n) is 8.03. The first-order valence-electron chi connectivity index (χ1n) is 4.46. The van der Waals surface area contributed by atoms with Gasteiger partial charge in [0.2, 0.25) is 6.79 Å². The lowest BCUT2D eigenvalue weighted by atomic mass is 10.1. The third-order valence-corrected chi connectivity index (χ3v) is 2.16. The molecule has 78 valence electrons. The number of carbonyl (C=O) groups is 1. The maximum Gasteiger partial charge on any atom is 0.331 e. The lowest BCUT2D eigenvalue weighted by Crippen LogP contribution is -2.01. The van der Waals surface area contributed by atoms with E-state index in [0.717, 1.165) is 5.56 Å². The molecule has 4 nitrogen and oxygen atoms in total. The number of ether oxygens (including phenoxy) is 2. The Balaban J connectivity index is 2.17. The Morgan fingerprint density at radius 3 is 2.87 bits per heavy atom. The topological polar surface area (TPSA) is 55.8 Å². The van der Waals surface area contributed by atoms with Crippen LogP contribution >= 0.6 is 0 Å². The summed E-state index contributed by atoms with van der Waals surface area (Å²) in [6.07, 6.45) is 0.311. The van der Waals surface area contributed by atoms with Crippen LogP contribution in [-0.2, 0) is 11.2 Å². The van der Waals surface area contributed by atoms with Crippen molar-refractivity contribution in [3.63, 3.8) is 0 Å². The lowest BCUT2D eigenvalue weighted by molar-refractivity contribution is -0.132. The summed E-state index contributed by atoms with van der Waals surface area (Å²) in [6.45, 7) is 3.69. The van der Waals surface area contributed by atoms with Crippen LogP contribution < -0.4 is 9.47 Å². The van der Waals surface area contributed by atoms with E-state index < -0.39 is 5.97 Å². The standard InChI is InChI=1S/C11H10O4/c1-7(11(12)13)4-8-2-3-9-10(5-8)15-6-14-9/h2-3,5H,1,4,6H2,(H,12,13). The van der Waals surface area contributed by atoms with Gasteiger partial charge in [0.25, 0.3) is 0 Å². The molecule has 15 heavy (non-hydrogen) atoms. The number of carboxylic acid groups (broad SMARTS) is 1. The monoisotopic (exact) mass is 206 g/mol. The van der Waals surface area contributed by atoms with Gasteiger partial charge in [-0.05, 0) is 17.7 Å². The minimum absolute atomic E-state index is 0.161. The molecule has 1 heterocycles. The predicted molar refractivity (Wildman–Crippen MR) is 53.0 cm³/mol. The summed E-state index contributed by atoms with van der Waals surface area (Å²) in [7, 11) is 0. The Labute approximate surface area is 86.7 Å². The SMILES string of the molecule is C=C(Cc1ccc2c(c1)OCO2)C(=O)O. The summed E-state index contributed by atoms with van der Waals surface area (Å²) >= 11 is 0. The highest BCUT2D eigenvalue weighted by atomic mass is 16.7. The Hall–Kier alpha value is -1.97. The van der Waals surface area contributed by atoms with Crippen LogP contribution in [0.3, 0.4) is 0 Å². The summed E-state index contributed by atoms with van der Waals surface area (Å²) in [6, 6.07) is 5.35. The second-order valence-corrected chi connectivity index (χ2v) is 3.27. The minimum Gasteiger partial charge on any atom is -0.478 e. The Bertz CT molecular complexity index is 423. The first kappa shape index (κ1) is 9.58. The van der Waals surface area contributed by atoms with Gasteiger partial charge in [-0.25, -0.2) is 4.79 Å². The number of hydrogen-bond acceptors (Lipinski definition) is 3. The number of carboxylic acids is 1. The molecule has 1 aliphatic heterocycles. The van der Waals surface area contributed by atoms with Gasteiger partial charge >= 0.3 is 5.97 Å². The van der Waals surface area contributed by atoms with E-state index in [0.29, 0.717) is 17.9 Å². The van der Waals surface area contributed by atoms with Crippen LogP contribution in [0, 0.1) is 0 Å². The van der Waals surface area contributed by atoms with Crippen LogP contribution in [0.25, 0.3) is 0 Å². The van der Waals surface area contributed by atoms with Crippen LogP contribution in [-0.4, -0.2) is 17.9 Å². The van der Waals surface area contributed by atoms with Gasteiger partial charge in [0, 0.05) is 12.0 Å². The largest absolute Gasteiger partial charge is 0.478 e. The Morgan fingerprint density at radius 1 is 1.40 bits per heavy atom. The van der Waals surface area contributed by atoms with Gasteiger partial charge in [-0.15, -0.1) is 0 Å². The van der Waals surface area contributed by atoms with Gasteiger partial charge in [0.15, 0.2) is 11.5 Å². The van der Waals surface area contributed by atoms with Gasteiger partial charge in [0.1, 0.15) is 0 Å². The normalized spacial score (nSPS) is 12.5. The first-order chi connectivity index (χ1) is 7.16. The molecule has 0 aliphatic carbocycles. The summed E-state index contributed by atoms with van der Waals surface area (Å²) < 4.78 is 10.3. The van der Waals surface area contributed by atoms with Crippen molar-refractivity contribution in [3.8, 4) is 11.5 Å². The molecule has 0 atom stereocenters. The van der Waals surface area contributed by atoms with Crippen LogP contribution in [0.4, 0.5) is 0 Å². The highest BCUT2D eigenvalue weighted by molar-refractivity contribution is 5.86. The average Bonchev–Trinajstić information content (AvgIpc) is 2.64. The van der Waals surface area contributed by atoms with E-state index in [2.05, 4.69) is 6.58 Å². The molecule has 0 fully saturated rings. The number of rotatable bonds is 3. The molecule has 0 spiro atoms. The lowest BCUT2D eigenvalue weighted by Gasteiger charge is -2.02. The number of benzene rings is 1. The van der Waals surface area contributed by atoms with Gasteiger partial charge in [-0.1, -0.05) is 12.6 Å². The molecule has 0 saturated carbocycles. The van der Waals surface area contributed by atoms with Crippen molar-refractivity contribution in [1.29, 1.82) is 0 Å². The summed E-state index contributed by atoms with van der Waals surface area (Å²) in [5.41, 5.74) is 1.01. The molecular formula is C11H10O4. The fourth-order valence-corrected chi connectivity index (χ4v) is 1.37. The fourth-order valence-electron chi connectivity index (χ4n) is 1.37. The summed E-state index contributed by atoms with van der Waals surface area (Å²) in [4.78, 5) is 10.6. The van der Waals surface area contributed by atoms with E-state index in [-0.39, 0.29) is 12.4 Å². The van der Waals surface area contributed by atoms with E-state index in [9.17, 15) is 4.79 Å². The van der Waals surface area contributed by atoms with Crippen LogP contribution in [0.2, 0.25) is 0 Å². The molecule has 1 N–H and O–H groups in total. The Morgan fingerprint density at radius 2 is 2.13 bits per heavy atom. The van der Waals surface area contributed by atoms with Gasteiger partial charge in [-0.2, -0.15) is 0 Å². The zero-order chi connectivity index (χ0) is 10.8.